The SMILES string of the molecule is CCCCC1C(=O)OC(C)C(NC(=O)c2cccc(NC=O)c2O)C(=O)OC(C)C1OC1(CC(C)C)COC1. The molecule has 216 valence electrons. The van der Waals surface area contributed by atoms with Gasteiger partial charge in [-0.2, -0.15) is 0 Å². The molecule has 2 heterocycles. The Morgan fingerprint density at radius 3 is 2.46 bits per heavy atom. The summed E-state index contributed by atoms with van der Waals surface area (Å²) in [5.41, 5.74) is -0.740. The molecular formula is C28H40N2O9. The number of para-hydroxylation sites is 1. The van der Waals surface area contributed by atoms with Crippen molar-refractivity contribution in [3.8, 4) is 5.75 Å². The zero-order valence-electron chi connectivity index (χ0n) is 23.2. The van der Waals surface area contributed by atoms with E-state index in [1.165, 1.54) is 25.1 Å². The number of nitrogens with one attached hydrogen (secondary N) is 2. The number of hydrogen-bond acceptors (Lipinski definition) is 9. The number of amides is 2. The Kier molecular flexibility index (Phi) is 10.3. The number of aromatic hydroxyl groups is 1. The predicted octanol–water partition coefficient (Wildman–Crippen LogP) is 2.94. The summed E-state index contributed by atoms with van der Waals surface area (Å²) in [6.45, 7) is 10.1. The molecule has 0 spiro atoms. The van der Waals surface area contributed by atoms with Gasteiger partial charge in [-0.25, -0.2) is 4.79 Å². The average Bonchev–Trinajstić information content (AvgIpc) is 2.87. The van der Waals surface area contributed by atoms with Gasteiger partial charge < -0.3 is 34.7 Å². The van der Waals surface area contributed by atoms with Gasteiger partial charge in [-0.3, -0.25) is 14.4 Å². The lowest BCUT2D eigenvalue weighted by Crippen LogP contribution is -2.58. The summed E-state index contributed by atoms with van der Waals surface area (Å²) in [5, 5.41) is 15.2. The highest BCUT2D eigenvalue weighted by molar-refractivity contribution is 6.01. The molecule has 5 unspecified atom stereocenters. The molecule has 11 nitrogen and oxygen atoms in total. The molecule has 0 radical (unpaired) electrons. The number of cyclic esters (lactones) is 2. The summed E-state index contributed by atoms with van der Waals surface area (Å²) in [6.07, 6.45) is 0.490. The number of ether oxygens (including phenoxy) is 4. The standard InChI is InChI=1S/C28H40N2O9/c1-6-7-9-20-24(39-28(12-16(2)3)13-36-14-28)18(5)38-27(35)22(17(4)37-26(20)34)30-25(33)19-10-8-11-21(23(19)32)29-15-31/h8,10-11,15-18,20,22,24,32H,6-7,9,12-14H2,1-5H3,(H,29,31)(H,30,33). The van der Waals surface area contributed by atoms with Crippen LogP contribution < -0.4 is 10.6 Å². The molecule has 2 saturated heterocycles. The van der Waals surface area contributed by atoms with Crippen LogP contribution in [0.15, 0.2) is 18.2 Å². The Bertz CT molecular complexity index is 1040. The summed E-state index contributed by atoms with van der Waals surface area (Å²) >= 11 is 0. The first-order chi connectivity index (χ1) is 18.5. The van der Waals surface area contributed by atoms with E-state index in [4.69, 9.17) is 18.9 Å². The van der Waals surface area contributed by atoms with Crippen LogP contribution in [0.3, 0.4) is 0 Å². The largest absolute Gasteiger partial charge is 0.505 e. The number of hydrogen-bond donors (Lipinski definition) is 3. The van der Waals surface area contributed by atoms with Crippen molar-refractivity contribution >= 4 is 29.9 Å². The quantitative estimate of drug-likeness (QED) is 0.215. The second kappa shape index (κ2) is 13.3. The minimum atomic E-state index is -1.35. The van der Waals surface area contributed by atoms with Crippen molar-refractivity contribution in [2.75, 3.05) is 18.5 Å². The van der Waals surface area contributed by atoms with E-state index >= 15 is 0 Å². The zero-order chi connectivity index (χ0) is 28.7. The number of rotatable bonds is 11. The predicted molar refractivity (Wildman–Crippen MR) is 141 cm³/mol. The molecule has 3 rings (SSSR count). The summed E-state index contributed by atoms with van der Waals surface area (Å²) in [7, 11) is 0. The highest BCUT2D eigenvalue weighted by Crippen LogP contribution is 2.36. The van der Waals surface area contributed by atoms with E-state index < -0.39 is 59.5 Å². The lowest BCUT2D eigenvalue weighted by Gasteiger charge is -2.46. The van der Waals surface area contributed by atoms with Gasteiger partial charge in [0.25, 0.3) is 5.91 Å². The van der Waals surface area contributed by atoms with Crippen molar-refractivity contribution < 1.29 is 43.2 Å². The Morgan fingerprint density at radius 2 is 1.87 bits per heavy atom. The lowest BCUT2D eigenvalue weighted by molar-refractivity contribution is -0.260. The Hall–Kier alpha value is -3.18. The average molecular weight is 549 g/mol. The molecular weight excluding hydrogens is 508 g/mol. The lowest BCUT2D eigenvalue weighted by atomic mass is 9.87. The second-order valence-corrected chi connectivity index (χ2v) is 10.8. The number of benzene rings is 1. The van der Waals surface area contributed by atoms with Gasteiger partial charge >= 0.3 is 11.9 Å². The molecule has 11 heteroatoms. The fourth-order valence-corrected chi connectivity index (χ4v) is 5.10. The molecule has 1 aromatic rings. The van der Waals surface area contributed by atoms with Crippen LogP contribution in [-0.4, -0.2) is 72.5 Å². The van der Waals surface area contributed by atoms with E-state index in [0.717, 1.165) is 19.3 Å². The number of phenols is 1. The highest BCUT2D eigenvalue weighted by atomic mass is 16.6. The number of phenolic OH excluding ortho intramolecular Hbond substituents is 1. The third-order valence-electron chi connectivity index (χ3n) is 7.04. The van der Waals surface area contributed by atoms with Crippen molar-refractivity contribution in [1.29, 1.82) is 0 Å². The molecule has 0 bridgehead atoms. The van der Waals surface area contributed by atoms with Crippen LogP contribution in [0.4, 0.5) is 5.69 Å². The summed E-state index contributed by atoms with van der Waals surface area (Å²) < 4.78 is 23.6. The first-order valence-corrected chi connectivity index (χ1v) is 13.5. The molecule has 3 N–H and O–H groups in total. The summed E-state index contributed by atoms with van der Waals surface area (Å²) in [4.78, 5) is 50.7. The highest BCUT2D eigenvalue weighted by Gasteiger charge is 2.49. The van der Waals surface area contributed by atoms with Crippen LogP contribution in [0.1, 0.15) is 70.7 Å². The van der Waals surface area contributed by atoms with Crippen molar-refractivity contribution in [3.63, 3.8) is 0 Å². The van der Waals surface area contributed by atoms with E-state index in [1.807, 2.05) is 6.92 Å². The minimum absolute atomic E-state index is 0.0249. The van der Waals surface area contributed by atoms with Crippen LogP contribution in [0.25, 0.3) is 0 Å². The molecule has 2 fully saturated rings. The van der Waals surface area contributed by atoms with Gasteiger partial charge in [-0.05, 0) is 44.7 Å². The van der Waals surface area contributed by atoms with Gasteiger partial charge in [-0.1, -0.05) is 39.7 Å². The molecule has 1 aromatic carbocycles. The van der Waals surface area contributed by atoms with E-state index in [2.05, 4.69) is 24.5 Å². The molecule has 0 aromatic heterocycles. The van der Waals surface area contributed by atoms with Crippen molar-refractivity contribution in [2.24, 2.45) is 11.8 Å². The van der Waals surface area contributed by atoms with Crippen LogP contribution in [0, 0.1) is 11.8 Å². The summed E-state index contributed by atoms with van der Waals surface area (Å²) in [6, 6.07) is 2.86. The molecule has 5 atom stereocenters. The summed E-state index contributed by atoms with van der Waals surface area (Å²) in [5.74, 6) is -2.99. The topological polar surface area (TPSA) is 149 Å². The second-order valence-electron chi connectivity index (χ2n) is 10.8. The van der Waals surface area contributed by atoms with E-state index in [9.17, 15) is 24.3 Å². The first-order valence-electron chi connectivity index (χ1n) is 13.5. The number of unbranched alkanes of at least 4 members (excludes halogenated alkanes) is 1. The fraction of sp³-hybridized carbons (Fsp3) is 0.643. The van der Waals surface area contributed by atoms with Gasteiger partial charge in [0.2, 0.25) is 6.41 Å². The van der Waals surface area contributed by atoms with Crippen LogP contribution >= 0.6 is 0 Å². The number of anilines is 1. The van der Waals surface area contributed by atoms with Crippen molar-refractivity contribution in [1.82, 2.24) is 5.32 Å². The Morgan fingerprint density at radius 1 is 1.18 bits per heavy atom. The van der Waals surface area contributed by atoms with Crippen LogP contribution in [0.5, 0.6) is 5.75 Å². The zero-order valence-corrected chi connectivity index (χ0v) is 23.2. The molecule has 2 amide bonds. The Labute approximate surface area is 228 Å². The first kappa shape index (κ1) is 30.4. The van der Waals surface area contributed by atoms with Crippen LogP contribution in [-0.2, 0) is 33.3 Å². The van der Waals surface area contributed by atoms with Gasteiger partial charge in [-0.15, -0.1) is 0 Å². The van der Waals surface area contributed by atoms with Gasteiger partial charge in [0.1, 0.15) is 23.9 Å². The van der Waals surface area contributed by atoms with Crippen molar-refractivity contribution in [2.45, 2.75) is 90.3 Å². The third kappa shape index (κ3) is 7.27. The molecule has 0 aliphatic carbocycles. The normalized spacial score (nSPS) is 26.8. The molecule has 2 aliphatic heterocycles. The van der Waals surface area contributed by atoms with E-state index in [1.54, 1.807) is 6.92 Å². The van der Waals surface area contributed by atoms with Crippen molar-refractivity contribution in [3.05, 3.63) is 23.8 Å². The molecule has 0 saturated carbocycles. The maximum atomic E-state index is 13.5. The number of carbonyl (C=O) groups excluding carboxylic acids is 4. The van der Waals surface area contributed by atoms with Gasteiger partial charge in [0.15, 0.2) is 11.8 Å². The minimum Gasteiger partial charge on any atom is -0.505 e. The Balaban J connectivity index is 1.88. The van der Waals surface area contributed by atoms with Crippen LogP contribution in [0.2, 0.25) is 0 Å². The monoisotopic (exact) mass is 548 g/mol. The fourth-order valence-electron chi connectivity index (χ4n) is 5.10. The smallest absolute Gasteiger partial charge is 0.332 e. The number of esters is 2. The van der Waals surface area contributed by atoms with E-state index in [-0.39, 0.29) is 11.3 Å². The maximum Gasteiger partial charge on any atom is 0.332 e. The van der Waals surface area contributed by atoms with E-state index in [0.29, 0.717) is 32.0 Å². The van der Waals surface area contributed by atoms with Gasteiger partial charge in [0, 0.05) is 0 Å². The third-order valence-corrected chi connectivity index (χ3v) is 7.04. The molecule has 2 aliphatic rings. The van der Waals surface area contributed by atoms with Gasteiger partial charge in [0.05, 0.1) is 30.4 Å². The number of carbonyl (C=O) groups is 4. The maximum absolute atomic E-state index is 13.5. The molecule has 39 heavy (non-hydrogen) atoms.